The fourth-order valence-corrected chi connectivity index (χ4v) is 3.69. The van der Waals surface area contributed by atoms with Crippen LogP contribution in [0.2, 0.25) is 0 Å². The van der Waals surface area contributed by atoms with E-state index in [1.807, 2.05) is 41.3 Å². The summed E-state index contributed by atoms with van der Waals surface area (Å²) in [5.74, 6) is 2.38. The molecule has 1 N–H and O–H groups in total. The Balaban J connectivity index is 0.00000192. The Hall–Kier alpha value is -2.58. The van der Waals surface area contributed by atoms with Crippen molar-refractivity contribution in [3.63, 3.8) is 0 Å². The van der Waals surface area contributed by atoms with E-state index in [1.54, 1.807) is 6.20 Å². The number of nitrogens with one attached hydrogen (secondary N) is 1. The van der Waals surface area contributed by atoms with Gasteiger partial charge in [0.2, 0.25) is 0 Å². The first kappa shape index (κ1) is 18.8. The molecule has 1 atom stereocenters. The predicted molar refractivity (Wildman–Crippen MR) is 106 cm³/mol. The van der Waals surface area contributed by atoms with E-state index >= 15 is 0 Å². The van der Waals surface area contributed by atoms with Crippen molar-refractivity contribution in [1.29, 1.82) is 0 Å². The molecule has 9 heteroatoms. The van der Waals surface area contributed by atoms with Crippen LogP contribution in [0.15, 0.2) is 42.9 Å². The molecule has 0 saturated carbocycles. The monoisotopic (exact) mass is 402 g/mol. The standard InChI is InChI=1S/C19H22N6O2.ClH/c1-2-4-18-17(3-1)26-13-15(27-18)11-24-10-9-21-19(24)16-12-25(23-22-16)14-5-7-20-8-6-14;/h1-4,9-10,12,14-15,20H,5-8,11,13H2;1H. The molecule has 1 fully saturated rings. The van der Waals surface area contributed by atoms with Crippen molar-refractivity contribution in [2.75, 3.05) is 19.7 Å². The van der Waals surface area contributed by atoms with Crippen LogP contribution >= 0.6 is 12.4 Å². The Labute approximate surface area is 169 Å². The second-order valence-electron chi connectivity index (χ2n) is 6.97. The molecule has 148 valence electrons. The highest BCUT2D eigenvalue weighted by Gasteiger charge is 2.23. The summed E-state index contributed by atoms with van der Waals surface area (Å²) in [5.41, 5.74) is 0.788. The van der Waals surface area contributed by atoms with E-state index in [9.17, 15) is 0 Å². The minimum absolute atomic E-state index is 0. The third-order valence-corrected chi connectivity index (χ3v) is 5.11. The number of fused-ring (bicyclic) bond motifs is 1. The van der Waals surface area contributed by atoms with Crippen molar-refractivity contribution in [3.8, 4) is 23.0 Å². The summed E-state index contributed by atoms with van der Waals surface area (Å²) >= 11 is 0. The highest BCUT2D eigenvalue weighted by atomic mass is 35.5. The van der Waals surface area contributed by atoms with Gasteiger partial charge in [-0.25, -0.2) is 9.67 Å². The van der Waals surface area contributed by atoms with Gasteiger partial charge in [0, 0.05) is 12.4 Å². The minimum atomic E-state index is -0.0766. The van der Waals surface area contributed by atoms with Gasteiger partial charge in [0.1, 0.15) is 12.3 Å². The van der Waals surface area contributed by atoms with Gasteiger partial charge in [0.15, 0.2) is 23.4 Å². The van der Waals surface area contributed by atoms with Crippen molar-refractivity contribution >= 4 is 12.4 Å². The number of piperidine rings is 1. The van der Waals surface area contributed by atoms with Crippen LogP contribution in [0.3, 0.4) is 0 Å². The number of imidazole rings is 1. The average molecular weight is 403 g/mol. The van der Waals surface area contributed by atoms with Gasteiger partial charge in [-0.15, -0.1) is 17.5 Å². The zero-order valence-corrected chi connectivity index (χ0v) is 16.2. The smallest absolute Gasteiger partial charge is 0.162 e. The molecular formula is C19H23ClN6O2. The van der Waals surface area contributed by atoms with Crippen molar-refractivity contribution in [2.45, 2.75) is 31.5 Å². The molecule has 1 saturated heterocycles. The van der Waals surface area contributed by atoms with Crippen LogP contribution in [0.25, 0.3) is 11.5 Å². The molecule has 3 aromatic rings. The lowest BCUT2D eigenvalue weighted by Crippen LogP contribution is -2.33. The van der Waals surface area contributed by atoms with Gasteiger partial charge in [0.25, 0.3) is 0 Å². The SMILES string of the molecule is Cl.c1ccc2c(c1)OCC(Cn1ccnc1-c1cn(C3CCNCC3)nn1)O2. The van der Waals surface area contributed by atoms with Crippen molar-refractivity contribution < 1.29 is 9.47 Å². The average Bonchev–Trinajstić information content (AvgIpc) is 3.38. The van der Waals surface area contributed by atoms with Gasteiger partial charge >= 0.3 is 0 Å². The highest BCUT2D eigenvalue weighted by molar-refractivity contribution is 5.85. The fourth-order valence-electron chi connectivity index (χ4n) is 3.69. The number of hydrogen-bond acceptors (Lipinski definition) is 6. The number of aromatic nitrogens is 5. The Morgan fingerprint density at radius 3 is 2.82 bits per heavy atom. The molecule has 2 aromatic heterocycles. The van der Waals surface area contributed by atoms with Crippen LogP contribution in [0.4, 0.5) is 0 Å². The van der Waals surface area contributed by atoms with Crippen LogP contribution in [-0.2, 0) is 6.54 Å². The largest absolute Gasteiger partial charge is 0.486 e. The number of hydrogen-bond donors (Lipinski definition) is 1. The van der Waals surface area contributed by atoms with E-state index in [0.717, 1.165) is 48.9 Å². The van der Waals surface area contributed by atoms with E-state index in [0.29, 0.717) is 19.2 Å². The molecule has 1 unspecified atom stereocenters. The third kappa shape index (κ3) is 3.70. The Bertz CT molecular complexity index is 921. The van der Waals surface area contributed by atoms with Crippen LogP contribution in [-0.4, -0.2) is 50.3 Å². The first-order valence-electron chi connectivity index (χ1n) is 9.39. The quantitative estimate of drug-likeness (QED) is 0.721. The molecule has 2 aliphatic rings. The van der Waals surface area contributed by atoms with Gasteiger partial charge in [-0.2, -0.15) is 0 Å². The Kier molecular flexibility index (Phi) is 5.50. The van der Waals surface area contributed by atoms with Crippen LogP contribution < -0.4 is 14.8 Å². The van der Waals surface area contributed by atoms with Crippen molar-refractivity contribution in [1.82, 2.24) is 29.9 Å². The molecule has 4 heterocycles. The molecule has 5 rings (SSSR count). The number of rotatable bonds is 4. The van der Waals surface area contributed by atoms with Crippen LogP contribution in [0.1, 0.15) is 18.9 Å². The first-order valence-corrected chi connectivity index (χ1v) is 9.39. The van der Waals surface area contributed by atoms with Gasteiger partial charge < -0.3 is 19.4 Å². The third-order valence-electron chi connectivity index (χ3n) is 5.11. The maximum Gasteiger partial charge on any atom is 0.162 e. The molecule has 0 aliphatic carbocycles. The van der Waals surface area contributed by atoms with E-state index in [4.69, 9.17) is 9.47 Å². The van der Waals surface area contributed by atoms with Gasteiger partial charge in [-0.05, 0) is 38.1 Å². The number of ether oxygens (including phenoxy) is 2. The first-order chi connectivity index (χ1) is 13.4. The van der Waals surface area contributed by atoms with Gasteiger partial charge in [-0.3, -0.25) is 0 Å². The van der Waals surface area contributed by atoms with E-state index in [1.165, 1.54) is 0 Å². The molecule has 0 bridgehead atoms. The lowest BCUT2D eigenvalue weighted by atomic mass is 10.1. The maximum absolute atomic E-state index is 6.07. The molecule has 0 radical (unpaired) electrons. The molecule has 28 heavy (non-hydrogen) atoms. The molecule has 0 spiro atoms. The summed E-state index contributed by atoms with van der Waals surface area (Å²) in [6.45, 7) is 3.20. The minimum Gasteiger partial charge on any atom is -0.486 e. The Morgan fingerprint density at radius 1 is 1.14 bits per heavy atom. The topological polar surface area (TPSA) is 79.0 Å². The second kappa shape index (κ2) is 8.20. The number of para-hydroxylation sites is 2. The summed E-state index contributed by atoms with van der Waals surface area (Å²) in [7, 11) is 0. The lowest BCUT2D eigenvalue weighted by molar-refractivity contribution is 0.0788. The van der Waals surface area contributed by atoms with E-state index in [-0.39, 0.29) is 18.5 Å². The summed E-state index contributed by atoms with van der Waals surface area (Å²) in [6, 6.07) is 8.16. The lowest BCUT2D eigenvalue weighted by Gasteiger charge is -2.26. The maximum atomic E-state index is 6.07. The van der Waals surface area contributed by atoms with Crippen molar-refractivity contribution in [3.05, 3.63) is 42.9 Å². The number of nitrogens with zero attached hydrogens (tertiary/aromatic N) is 5. The van der Waals surface area contributed by atoms with Crippen molar-refractivity contribution in [2.24, 2.45) is 0 Å². The zero-order valence-electron chi connectivity index (χ0n) is 15.4. The van der Waals surface area contributed by atoms with Gasteiger partial charge in [-0.1, -0.05) is 17.3 Å². The molecule has 0 amide bonds. The molecule has 1 aromatic carbocycles. The molecule has 2 aliphatic heterocycles. The molecular weight excluding hydrogens is 380 g/mol. The summed E-state index contributed by atoms with van der Waals surface area (Å²) in [6.07, 6.45) is 7.81. The summed E-state index contributed by atoms with van der Waals surface area (Å²) < 4.78 is 15.9. The summed E-state index contributed by atoms with van der Waals surface area (Å²) in [4.78, 5) is 4.49. The second-order valence-corrected chi connectivity index (χ2v) is 6.97. The molecule has 8 nitrogen and oxygen atoms in total. The van der Waals surface area contributed by atoms with Crippen LogP contribution in [0.5, 0.6) is 11.5 Å². The number of halogens is 1. The predicted octanol–water partition coefficient (Wildman–Crippen LogP) is 2.33. The van der Waals surface area contributed by atoms with Gasteiger partial charge in [0.05, 0.1) is 18.8 Å². The Morgan fingerprint density at radius 2 is 1.96 bits per heavy atom. The van der Waals surface area contributed by atoms with E-state index in [2.05, 4.69) is 25.2 Å². The fraction of sp³-hybridized carbons (Fsp3) is 0.421. The summed E-state index contributed by atoms with van der Waals surface area (Å²) in [5, 5.41) is 12.1. The highest BCUT2D eigenvalue weighted by Crippen LogP contribution is 2.31. The zero-order chi connectivity index (χ0) is 18.1. The van der Waals surface area contributed by atoms with Crippen LogP contribution in [0, 0.1) is 0 Å². The number of benzene rings is 1. The normalized spacial score (nSPS) is 19.2. The van der Waals surface area contributed by atoms with E-state index < -0.39 is 0 Å².